The highest BCUT2D eigenvalue weighted by atomic mass is 16.7. The van der Waals surface area contributed by atoms with Crippen LogP contribution in [0.1, 0.15) is 58.6 Å². The van der Waals surface area contributed by atoms with Crippen LogP contribution in [0, 0.1) is 5.92 Å². The summed E-state index contributed by atoms with van der Waals surface area (Å²) >= 11 is 0. The summed E-state index contributed by atoms with van der Waals surface area (Å²) in [7, 11) is 0. The first kappa shape index (κ1) is 35.7. The average molecular weight is 585 g/mol. The topological polar surface area (TPSA) is 114 Å². The molecular formula is C31H56N2O8. The predicted octanol–water partition coefficient (Wildman–Crippen LogP) is 3.62. The van der Waals surface area contributed by atoms with E-state index in [9.17, 15) is 0 Å². The number of fused-ring (bicyclic) bond motifs is 1. The van der Waals surface area contributed by atoms with Crippen LogP contribution in [0.5, 0.6) is 0 Å². The molecule has 1 aliphatic heterocycles. The van der Waals surface area contributed by atoms with Crippen LogP contribution in [0.2, 0.25) is 0 Å². The van der Waals surface area contributed by atoms with E-state index in [1.807, 2.05) is 6.92 Å². The molecule has 1 aromatic carbocycles. The van der Waals surface area contributed by atoms with E-state index in [4.69, 9.17) is 44.0 Å². The molecule has 10 nitrogen and oxygen atoms in total. The zero-order valence-electron chi connectivity index (χ0n) is 26.3. The molecule has 1 aromatic rings. The van der Waals surface area contributed by atoms with Crippen LogP contribution in [0.3, 0.4) is 0 Å². The maximum atomic E-state index is 8.81. The van der Waals surface area contributed by atoms with Crippen molar-refractivity contribution in [1.82, 2.24) is 0 Å². The number of hydrogen-bond acceptors (Lipinski definition) is 10. The Kier molecular flexibility index (Phi) is 17.1. The van der Waals surface area contributed by atoms with Gasteiger partial charge in [0, 0.05) is 23.5 Å². The van der Waals surface area contributed by atoms with E-state index in [2.05, 4.69) is 51.7 Å². The van der Waals surface area contributed by atoms with Crippen molar-refractivity contribution in [3.8, 4) is 0 Å². The van der Waals surface area contributed by atoms with Crippen LogP contribution in [0.25, 0.3) is 0 Å². The Balaban J connectivity index is 2.00. The average Bonchev–Trinajstić information content (AvgIpc) is 2.93. The first-order valence-electron chi connectivity index (χ1n) is 15.1. The van der Waals surface area contributed by atoms with Gasteiger partial charge in [0.2, 0.25) is 0 Å². The summed E-state index contributed by atoms with van der Waals surface area (Å²) in [5.41, 5.74) is 10.8. The summed E-state index contributed by atoms with van der Waals surface area (Å²) < 4.78 is 39.8. The van der Waals surface area contributed by atoms with Crippen molar-refractivity contribution < 1.29 is 38.3 Å². The Hall–Kier alpha value is -1.50. The number of anilines is 2. The first-order valence-corrected chi connectivity index (χ1v) is 15.1. The summed E-state index contributed by atoms with van der Waals surface area (Å²) in [5, 5.41) is 8.81. The van der Waals surface area contributed by atoms with Crippen LogP contribution < -0.4 is 10.6 Å². The predicted molar refractivity (Wildman–Crippen MR) is 162 cm³/mol. The van der Waals surface area contributed by atoms with Gasteiger partial charge >= 0.3 is 0 Å². The Morgan fingerprint density at radius 3 is 1.88 bits per heavy atom. The Labute approximate surface area is 247 Å². The number of nitrogens with zero attached hydrogens (tertiary/aromatic N) is 1. The molecule has 41 heavy (non-hydrogen) atoms. The quantitative estimate of drug-likeness (QED) is 0.112. The fourth-order valence-corrected chi connectivity index (χ4v) is 4.82. The van der Waals surface area contributed by atoms with E-state index < -0.39 is 6.29 Å². The van der Waals surface area contributed by atoms with Gasteiger partial charge in [0.25, 0.3) is 0 Å². The lowest BCUT2D eigenvalue weighted by Crippen LogP contribution is -2.55. The smallest absolute Gasteiger partial charge is 0.175 e. The van der Waals surface area contributed by atoms with Gasteiger partial charge < -0.3 is 48.9 Å². The molecule has 2 atom stereocenters. The second-order valence-electron chi connectivity index (χ2n) is 11.2. The zero-order chi connectivity index (χ0) is 30.1. The van der Waals surface area contributed by atoms with Gasteiger partial charge in [-0.25, -0.2) is 0 Å². The minimum Gasteiger partial charge on any atom is -0.398 e. The number of aliphatic hydroxyl groups is 1. The van der Waals surface area contributed by atoms with Gasteiger partial charge in [0.15, 0.2) is 6.29 Å². The highest BCUT2D eigenvalue weighted by Crippen LogP contribution is 2.43. The third-order valence-corrected chi connectivity index (χ3v) is 7.58. The zero-order valence-corrected chi connectivity index (χ0v) is 26.3. The van der Waals surface area contributed by atoms with Crippen molar-refractivity contribution in [1.29, 1.82) is 0 Å². The van der Waals surface area contributed by atoms with Gasteiger partial charge in [0.05, 0.1) is 85.8 Å². The summed E-state index contributed by atoms with van der Waals surface area (Å²) in [6.07, 6.45) is 0.494. The standard InChI is InChI=1S/C31H56N2O8/c1-7-35-10-11-37-14-15-39-17-19-41-30(40-18-16-38-13-12-36-9-8-34)23-33-29-22-27(24(2)3)28(32)21-26(29)20-25(4)31(33,5)6/h21-22,24-25,30,34H,7-20,23,32H2,1-6H3. The number of aliphatic hydroxyl groups excluding tert-OH is 1. The Bertz CT molecular complexity index is 839. The van der Waals surface area contributed by atoms with Crippen LogP contribution in [0.4, 0.5) is 11.4 Å². The fourth-order valence-electron chi connectivity index (χ4n) is 4.82. The molecule has 0 bridgehead atoms. The number of nitrogen functional groups attached to an aromatic ring is 1. The number of hydrogen-bond donors (Lipinski definition) is 2. The van der Waals surface area contributed by atoms with E-state index in [1.54, 1.807) is 0 Å². The van der Waals surface area contributed by atoms with Gasteiger partial charge in [-0.15, -0.1) is 0 Å². The number of rotatable bonds is 23. The Morgan fingerprint density at radius 2 is 1.37 bits per heavy atom. The minimum absolute atomic E-state index is 0.00658. The lowest BCUT2D eigenvalue weighted by atomic mass is 9.77. The summed E-state index contributed by atoms with van der Waals surface area (Å²) in [5.74, 6) is 0.736. The molecule has 0 amide bonds. The largest absolute Gasteiger partial charge is 0.398 e. The van der Waals surface area contributed by atoms with Crippen LogP contribution in [0.15, 0.2) is 12.1 Å². The third kappa shape index (κ3) is 12.3. The molecule has 0 spiro atoms. The van der Waals surface area contributed by atoms with Crippen molar-refractivity contribution >= 4 is 11.4 Å². The fraction of sp³-hybridized carbons (Fsp3) is 0.806. The minimum atomic E-state index is -0.479. The molecule has 1 aliphatic rings. The van der Waals surface area contributed by atoms with E-state index in [0.29, 0.717) is 97.7 Å². The van der Waals surface area contributed by atoms with Crippen molar-refractivity contribution in [2.75, 3.05) is 103 Å². The normalized spacial score (nSPS) is 17.3. The molecule has 3 N–H and O–H groups in total. The number of ether oxygens (including phenoxy) is 7. The third-order valence-electron chi connectivity index (χ3n) is 7.58. The van der Waals surface area contributed by atoms with E-state index in [-0.39, 0.29) is 12.1 Å². The molecule has 0 radical (unpaired) electrons. The van der Waals surface area contributed by atoms with Crippen molar-refractivity contribution in [2.24, 2.45) is 5.92 Å². The highest BCUT2D eigenvalue weighted by Gasteiger charge is 2.40. The molecule has 0 fully saturated rings. The molecule has 1 heterocycles. The van der Waals surface area contributed by atoms with Gasteiger partial charge in [-0.05, 0) is 62.3 Å². The van der Waals surface area contributed by atoms with E-state index >= 15 is 0 Å². The second-order valence-corrected chi connectivity index (χ2v) is 11.2. The number of benzene rings is 1. The molecule has 2 rings (SSSR count). The van der Waals surface area contributed by atoms with Crippen molar-refractivity contribution in [3.05, 3.63) is 23.3 Å². The highest BCUT2D eigenvalue weighted by molar-refractivity contribution is 5.67. The maximum Gasteiger partial charge on any atom is 0.175 e. The summed E-state index contributed by atoms with van der Waals surface area (Å²) in [6, 6.07) is 4.40. The van der Waals surface area contributed by atoms with Crippen molar-refractivity contribution in [3.63, 3.8) is 0 Å². The Morgan fingerprint density at radius 1 is 0.854 bits per heavy atom. The lowest BCUT2D eigenvalue weighted by molar-refractivity contribution is -0.155. The molecule has 0 aliphatic carbocycles. The summed E-state index contributed by atoms with van der Waals surface area (Å²) in [6.45, 7) is 19.4. The molecule has 0 aromatic heterocycles. The molecule has 0 saturated carbocycles. The lowest BCUT2D eigenvalue weighted by Gasteiger charge is -2.50. The van der Waals surface area contributed by atoms with Gasteiger partial charge in [-0.2, -0.15) is 0 Å². The van der Waals surface area contributed by atoms with Crippen molar-refractivity contribution in [2.45, 2.75) is 65.7 Å². The van der Waals surface area contributed by atoms with Gasteiger partial charge in [-0.1, -0.05) is 20.8 Å². The molecular weight excluding hydrogens is 528 g/mol. The monoisotopic (exact) mass is 584 g/mol. The molecule has 2 unspecified atom stereocenters. The SMILES string of the molecule is CCOCCOCCOCCOC(CN1c2cc(C(C)C)c(N)cc2CC(C)C1(C)C)OCCOCCOCCO. The van der Waals surface area contributed by atoms with Crippen LogP contribution in [-0.2, 0) is 39.6 Å². The first-order chi connectivity index (χ1) is 19.7. The van der Waals surface area contributed by atoms with E-state index in [1.165, 1.54) is 11.3 Å². The van der Waals surface area contributed by atoms with Gasteiger partial charge in [0.1, 0.15) is 0 Å². The second kappa shape index (κ2) is 19.6. The van der Waals surface area contributed by atoms with E-state index in [0.717, 1.165) is 17.7 Å². The van der Waals surface area contributed by atoms with Gasteiger partial charge in [-0.3, -0.25) is 0 Å². The molecule has 238 valence electrons. The summed E-state index contributed by atoms with van der Waals surface area (Å²) in [4.78, 5) is 2.42. The van der Waals surface area contributed by atoms with Crippen LogP contribution in [-0.4, -0.2) is 109 Å². The molecule has 0 saturated heterocycles. The molecule has 10 heteroatoms. The number of nitrogens with two attached hydrogens (primary N) is 1. The van der Waals surface area contributed by atoms with Crippen LogP contribution >= 0.6 is 0 Å². The maximum absolute atomic E-state index is 8.81.